The van der Waals surface area contributed by atoms with Crippen molar-refractivity contribution in [2.75, 3.05) is 18.6 Å². The van der Waals surface area contributed by atoms with E-state index in [1.165, 1.54) is 12.5 Å². The van der Waals surface area contributed by atoms with Crippen LogP contribution in [0.15, 0.2) is 43.0 Å². The number of hydrogen-bond donors (Lipinski definition) is 8. The van der Waals surface area contributed by atoms with Crippen molar-refractivity contribution in [2.24, 2.45) is 11.5 Å². The number of nitrogens with two attached hydrogens (primary N) is 2. The fraction of sp³-hybridized carbons (Fsp3) is 0.464. The van der Waals surface area contributed by atoms with E-state index in [0.29, 0.717) is 37.3 Å². The number of hydrogen-bond acceptors (Lipinski definition) is 8. The summed E-state index contributed by atoms with van der Waals surface area (Å²) in [5.41, 5.74) is 13.8. The number of unbranched alkanes of at least 4 members (excludes halogenated alkanes) is 1. The Balaban J connectivity index is 1.75. The van der Waals surface area contributed by atoms with Crippen LogP contribution in [0.2, 0.25) is 0 Å². The zero-order valence-corrected chi connectivity index (χ0v) is 24.4. The number of aromatic nitrogens is 3. The lowest BCUT2D eigenvalue weighted by atomic mass is 10.0. The molecule has 2 heterocycles. The number of thioether (sulfide) groups is 1. The summed E-state index contributed by atoms with van der Waals surface area (Å²) >= 11 is 1.56. The van der Waals surface area contributed by atoms with Gasteiger partial charge in [0.25, 0.3) is 0 Å². The maximum atomic E-state index is 13.5. The van der Waals surface area contributed by atoms with Gasteiger partial charge in [0.05, 0.1) is 12.4 Å². The number of carbonyl (C=O) groups excluding carboxylic acids is 3. The van der Waals surface area contributed by atoms with Crippen molar-refractivity contribution in [1.29, 1.82) is 0 Å². The van der Waals surface area contributed by atoms with E-state index in [9.17, 15) is 24.3 Å². The second-order valence-electron chi connectivity index (χ2n) is 10.0. The highest BCUT2D eigenvalue weighted by Gasteiger charge is 2.31. The summed E-state index contributed by atoms with van der Waals surface area (Å²) in [7, 11) is 0. The predicted molar refractivity (Wildman–Crippen MR) is 162 cm³/mol. The molecule has 2 aromatic heterocycles. The van der Waals surface area contributed by atoms with Gasteiger partial charge in [-0.15, -0.1) is 0 Å². The van der Waals surface area contributed by atoms with Gasteiger partial charge in [-0.3, -0.25) is 14.4 Å². The number of nitrogens with one attached hydrogen (secondary N) is 5. The van der Waals surface area contributed by atoms with E-state index < -0.39 is 47.9 Å². The van der Waals surface area contributed by atoms with Crippen LogP contribution in [-0.2, 0) is 32.0 Å². The second kappa shape index (κ2) is 16.5. The summed E-state index contributed by atoms with van der Waals surface area (Å²) in [6.07, 6.45) is 8.54. The highest BCUT2D eigenvalue weighted by Crippen LogP contribution is 2.19. The molecule has 4 unspecified atom stereocenters. The van der Waals surface area contributed by atoms with Crippen LogP contribution < -0.4 is 27.4 Å². The van der Waals surface area contributed by atoms with E-state index in [0.717, 1.165) is 16.5 Å². The van der Waals surface area contributed by atoms with Crippen LogP contribution in [0.1, 0.15) is 36.9 Å². The van der Waals surface area contributed by atoms with Gasteiger partial charge < -0.3 is 42.5 Å². The zero-order chi connectivity index (χ0) is 30.5. The van der Waals surface area contributed by atoms with Crippen LogP contribution in [0.5, 0.6) is 0 Å². The number of nitrogens with zero attached hydrogens (tertiary/aromatic N) is 1. The van der Waals surface area contributed by atoms with Crippen molar-refractivity contribution in [3.8, 4) is 0 Å². The number of imidazole rings is 1. The van der Waals surface area contributed by atoms with Gasteiger partial charge in [0, 0.05) is 41.8 Å². The number of aliphatic carboxylic acids is 1. The lowest BCUT2D eigenvalue weighted by molar-refractivity contribution is -0.142. The third-order valence-corrected chi connectivity index (χ3v) is 7.52. The SMILES string of the molecule is CSCCC(N)C(=O)NC(Cc1cnc[nH]1)C(=O)NC(CCCCN)C(=O)NC(Cc1c[nH]c2ccccc12)C(=O)O. The third-order valence-electron chi connectivity index (χ3n) is 6.88. The number of fused-ring (bicyclic) bond motifs is 1. The lowest BCUT2D eigenvalue weighted by Gasteiger charge is -2.25. The molecule has 3 rings (SSSR count). The van der Waals surface area contributed by atoms with Gasteiger partial charge in [0.2, 0.25) is 17.7 Å². The van der Waals surface area contributed by atoms with E-state index in [1.807, 2.05) is 30.5 Å². The van der Waals surface area contributed by atoms with Gasteiger partial charge in [-0.2, -0.15) is 11.8 Å². The molecule has 0 aliphatic rings. The fourth-order valence-corrected chi connectivity index (χ4v) is 5.00. The number of carboxylic acid groups (broad SMARTS) is 1. The molecular formula is C28H40N8O5S. The number of rotatable bonds is 18. The van der Waals surface area contributed by atoms with Crippen molar-refractivity contribution >= 4 is 46.4 Å². The van der Waals surface area contributed by atoms with Crippen molar-refractivity contribution in [3.05, 3.63) is 54.2 Å². The normalized spacial score (nSPS) is 14.1. The molecule has 0 radical (unpaired) electrons. The van der Waals surface area contributed by atoms with E-state index in [2.05, 4.69) is 30.9 Å². The van der Waals surface area contributed by atoms with Crippen LogP contribution in [0.4, 0.5) is 0 Å². The maximum Gasteiger partial charge on any atom is 0.326 e. The van der Waals surface area contributed by atoms with Crippen LogP contribution in [0.25, 0.3) is 10.9 Å². The molecule has 1 aromatic carbocycles. The number of carboxylic acids is 1. The molecule has 14 heteroatoms. The van der Waals surface area contributed by atoms with Gasteiger partial charge >= 0.3 is 5.97 Å². The summed E-state index contributed by atoms with van der Waals surface area (Å²) in [5, 5.41) is 18.8. The Morgan fingerprint density at radius 1 is 0.952 bits per heavy atom. The number of H-pyrrole nitrogens is 2. The third kappa shape index (κ3) is 9.60. The van der Waals surface area contributed by atoms with Gasteiger partial charge in [0.15, 0.2) is 0 Å². The van der Waals surface area contributed by atoms with E-state index >= 15 is 0 Å². The Labute approximate surface area is 248 Å². The first kappa shape index (κ1) is 32.6. The van der Waals surface area contributed by atoms with Crippen LogP contribution in [0.3, 0.4) is 0 Å². The lowest BCUT2D eigenvalue weighted by Crippen LogP contribution is -2.57. The molecule has 3 aromatic rings. The molecule has 0 saturated carbocycles. The molecule has 0 aliphatic carbocycles. The first-order valence-electron chi connectivity index (χ1n) is 13.8. The Kier molecular flexibility index (Phi) is 12.8. The largest absolute Gasteiger partial charge is 0.480 e. The van der Waals surface area contributed by atoms with Crippen LogP contribution in [0, 0.1) is 0 Å². The Morgan fingerprint density at radius 2 is 1.67 bits per heavy atom. The Bertz CT molecular complexity index is 1310. The zero-order valence-electron chi connectivity index (χ0n) is 23.6. The monoisotopic (exact) mass is 600 g/mol. The number of aromatic amines is 2. The van der Waals surface area contributed by atoms with Gasteiger partial charge in [0.1, 0.15) is 18.1 Å². The number of benzene rings is 1. The number of amides is 3. The van der Waals surface area contributed by atoms with Gasteiger partial charge in [-0.25, -0.2) is 9.78 Å². The smallest absolute Gasteiger partial charge is 0.326 e. The number of para-hydroxylation sites is 1. The summed E-state index contributed by atoms with van der Waals surface area (Å²) in [5.74, 6) is -2.26. The molecule has 42 heavy (non-hydrogen) atoms. The molecular weight excluding hydrogens is 560 g/mol. The van der Waals surface area contributed by atoms with Crippen LogP contribution in [-0.4, -0.2) is 86.5 Å². The van der Waals surface area contributed by atoms with E-state index in [-0.39, 0.29) is 19.3 Å². The summed E-state index contributed by atoms with van der Waals surface area (Å²) < 4.78 is 0. The molecule has 3 amide bonds. The first-order valence-corrected chi connectivity index (χ1v) is 15.2. The van der Waals surface area contributed by atoms with E-state index in [4.69, 9.17) is 11.5 Å². The molecule has 4 atom stereocenters. The Morgan fingerprint density at radius 3 is 2.36 bits per heavy atom. The molecule has 0 bridgehead atoms. The van der Waals surface area contributed by atoms with Crippen molar-refractivity contribution in [3.63, 3.8) is 0 Å². The van der Waals surface area contributed by atoms with Crippen molar-refractivity contribution in [1.82, 2.24) is 30.9 Å². The topological polar surface area (TPSA) is 221 Å². The summed E-state index contributed by atoms with van der Waals surface area (Å²) in [4.78, 5) is 61.8. The number of carbonyl (C=O) groups is 4. The minimum Gasteiger partial charge on any atom is -0.480 e. The first-order chi connectivity index (χ1) is 20.2. The minimum absolute atomic E-state index is 0.0427. The van der Waals surface area contributed by atoms with E-state index in [1.54, 1.807) is 18.0 Å². The summed E-state index contributed by atoms with van der Waals surface area (Å²) in [6.45, 7) is 0.396. The minimum atomic E-state index is -1.24. The maximum absolute atomic E-state index is 13.5. The van der Waals surface area contributed by atoms with Crippen molar-refractivity contribution < 1.29 is 24.3 Å². The molecule has 0 saturated heterocycles. The highest BCUT2D eigenvalue weighted by molar-refractivity contribution is 7.98. The standard InChI is InChI=1S/C28H40N8O5S/c1-42-11-9-20(30)25(37)35-23(13-18-15-31-16-33-18)27(39)34-22(8-4-5-10-29)26(38)36-24(28(40)41)12-17-14-32-21-7-3-2-6-19(17)21/h2-3,6-7,14-16,20,22-24,32H,4-5,8-13,29-30H2,1H3,(H,31,33)(H,34,39)(H,35,37)(H,36,38)(H,40,41). The molecule has 0 spiro atoms. The second-order valence-corrected chi connectivity index (χ2v) is 11.0. The van der Waals surface area contributed by atoms with Crippen molar-refractivity contribution in [2.45, 2.75) is 62.7 Å². The molecule has 0 fully saturated rings. The summed E-state index contributed by atoms with van der Waals surface area (Å²) in [6, 6.07) is 3.33. The fourth-order valence-electron chi connectivity index (χ4n) is 4.51. The average molecular weight is 601 g/mol. The van der Waals surface area contributed by atoms with Crippen LogP contribution >= 0.6 is 11.8 Å². The molecule has 0 aliphatic heterocycles. The van der Waals surface area contributed by atoms with Gasteiger partial charge in [-0.1, -0.05) is 18.2 Å². The van der Waals surface area contributed by atoms with Gasteiger partial charge in [-0.05, 0) is 55.9 Å². The molecule has 228 valence electrons. The Hall–Kier alpha value is -3.88. The average Bonchev–Trinajstić information content (AvgIpc) is 3.64. The predicted octanol–water partition coefficient (Wildman–Crippen LogP) is 0.425. The molecule has 13 nitrogen and oxygen atoms in total. The quantitative estimate of drug-likeness (QED) is 0.0947. The highest BCUT2D eigenvalue weighted by atomic mass is 32.2. The molecule has 10 N–H and O–H groups in total.